The normalized spacial score (nSPS) is 19.3. The summed E-state index contributed by atoms with van der Waals surface area (Å²) < 4.78 is 39.1. The average molecular weight is 377 g/mol. The lowest BCUT2D eigenvalue weighted by Crippen LogP contribution is -2.41. The van der Waals surface area contributed by atoms with Gasteiger partial charge in [-0.2, -0.15) is 0 Å². The fourth-order valence-corrected chi connectivity index (χ4v) is 4.70. The highest BCUT2D eigenvalue weighted by molar-refractivity contribution is 9.10. The van der Waals surface area contributed by atoms with Gasteiger partial charge < -0.3 is 15.2 Å². The van der Waals surface area contributed by atoms with Crippen molar-refractivity contribution in [1.29, 1.82) is 0 Å². The van der Waals surface area contributed by atoms with Crippen molar-refractivity contribution in [3.63, 3.8) is 0 Å². The minimum Gasteiger partial charge on any atom is -0.486 e. The Morgan fingerprint density at radius 3 is 2.48 bits per heavy atom. The molecule has 3 N–H and O–H groups in total. The maximum absolute atomic E-state index is 12.5. The standard InChI is InChI=1S/C13H17BrN2O4S/c14-9-5-11-12(20-4-3-19-11)6-13(9)21(17,18)16-10(7-15)8-1-2-8/h5-6,8,10,16H,1-4,7,15H2/t10-/m1/s1. The quantitative estimate of drug-likeness (QED) is 0.806. The van der Waals surface area contributed by atoms with Crippen LogP contribution in [0.4, 0.5) is 0 Å². The Morgan fingerprint density at radius 1 is 1.29 bits per heavy atom. The second-order valence-electron chi connectivity index (χ2n) is 5.23. The summed E-state index contributed by atoms with van der Waals surface area (Å²) >= 11 is 3.29. The van der Waals surface area contributed by atoms with Crippen molar-refractivity contribution < 1.29 is 17.9 Å². The molecule has 0 saturated heterocycles. The molecule has 1 fully saturated rings. The lowest BCUT2D eigenvalue weighted by atomic mass is 10.2. The van der Waals surface area contributed by atoms with Crippen molar-refractivity contribution in [2.24, 2.45) is 11.7 Å². The highest BCUT2D eigenvalue weighted by Crippen LogP contribution is 2.38. The van der Waals surface area contributed by atoms with E-state index in [1.807, 2.05) is 0 Å². The predicted octanol–water partition coefficient (Wildman–Crippen LogP) is 1.24. The minimum atomic E-state index is -3.65. The Labute approximate surface area is 132 Å². The van der Waals surface area contributed by atoms with Crippen LogP contribution in [0.15, 0.2) is 21.5 Å². The third-order valence-electron chi connectivity index (χ3n) is 3.64. The molecular weight excluding hydrogens is 360 g/mol. The van der Waals surface area contributed by atoms with Crippen LogP contribution in [0, 0.1) is 5.92 Å². The van der Waals surface area contributed by atoms with Gasteiger partial charge in [0.05, 0.1) is 0 Å². The average Bonchev–Trinajstić information content (AvgIpc) is 3.28. The molecule has 0 spiro atoms. The first kappa shape index (κ1) is 15.1. The molecule has 0 aromatic heterocycles. The van der Waals surface area contributed by atoms with Gasteiger partial charge in [0.25, 0.3) is 0 Å². The van der Waals surface area contributed by atoms with E-state index in [9.17, 15) is 8.42 Å². The molecule has 1 aliphatic carbocycles. The number of ether oxygens (including phenoxy) is 2. The van der Waals surface area contributed by atoms with E-state index in [0.29, 0.717) is 41.6 Å². The number of nitrogens with two attached hydrogens (primary N) is 1. The van der Waals surface area contributed by atoms with Crippen LogP contribution in [0.3, 0.4) is 0 Å². The summed E-state index contributed by atoms with van der Waals surface area (Å²) in [7, 11) is -3.65. The van der Waals surface area contributed by atoms with Gasteiger partial charge in [-0.1, -0.05) is 0 Å². The number of halogens is 1. The van der Waals surface area contributed by atoms with Crippen LogP contribution in [-0.2, 0) is 10.0 Å². The van der Waals surface area contributed by atoms with Crippen molar-refractivity contribution in [2.75, 3.05) is 19.8 Å². The van der Waals surface area contributed by atoms with E-state index in [-0.39, 0.29) is 10.9 Å². The molecule has 0 unspecified atom stereocenters. The zero-order valence-electron chi connectivity index (χ0n) is 11.3. The lowest BCUT2D eigenvalue weighted by molar-refractivity contribution is 0.171. The maximum Gasteiger partial charge on any atom is 0.242 e. The van der Waals surface area contributed by atoms with E-state index in [1.165, 1.54) is 6.07 Å². The maximum atomic E-state index is 12.5. The zero-order chi connectivity index (χ0) is 15.0. The SMILES string of the molecule is NC[C@@H](NS(=O)(=O)c1cc2c(cc1Br)OCCO2)C1CC1. The molecule has 2 aliphatic rings. The Kier molecular flexibility index (Phi) is 4.13. The van der Waals surface area contributed by atoms with Crippen LogP contribution in [0.5, 0.6) is 11.5 Å². The van der Waals surface area contributed by atoms with E-state index in [4.69, 9.17) is 15.2 Å². The van der Waals surface area contributed by atoms with Crippen LogP contribution < -0.4 is 19.9 Å². The topological polar surface area (TPSA) is 90.7 Å². The van der Waals surface area contributed by atoms with Crippen molar-refractivity contribution in [3.05, 3.63) is 16.6 Å². The lowest BCUT2D eigenvalue weighted by Gasteiger charge is -2.21. The minimum absolute atomic E-state index is 0.144. The molecule has 116 valence electrons. The fraction of sp³-hybridized carbons (Fsp3) is 0.538. The van der Waals surface area contributed by atoms with Gasteiger partial charge in [-0.25, -0.2) is 13.1 Å². The molecule has 1 aliphatic heterocycles. The van der Waals surface area contributed by atoms with Crippen molar-refractivity contribution in [1.82, 2.24) is 4.72 Å². The molecule has 0 radical (unpaired) electrons. The van der Waals surface area contributed by atoms with Gasteiger partial charge >= 0.3 is 0 Å². The summed E-state index contributed by atoms with van der Waals surface area (Å²) in [5.41, 5.74) is 5.66. The van der Waals surface area contributed by atoms with E-state index in [1.54, 1.807) is 6.07 Å². The molecule has 8 heteroatoms. The van der Waals surface area contributed by atoms with Crippen LogP contribution in [0.2, 0.25) is 0 Å². The highest BCUT2D eigenvalue weighted by Gasteiger charge is 2.34. The van der Waals surface area contributed by atoms with Gasteiger partial charge in [0.15, 0.2) is 11.5 Å². The summed E-state index contributed by atoms with van der Waals surface area (Å²) in [6.07, 6.45) is 2.04. The van der Waals surface area contributed by atoms with Crippen molar-refractivity contribution in [3.8, 4) is 11.5 Å². The fourth-order valence-electron chi connectivity index (χ4n) is 2.35. The summed E-state index contributed by atoms with van der Waals surface area (Å²) in [6, 6.07) is 2.90. The molecule has 1 saturated carbocycles. The molecule has 21 heavy (non-hydrogen) atoms. The second kappa shape index (κ2) is 5.75. The Bertz CT molecular complexity index is 646. The molecule has 1 atom stereocenters. The van der Waals surface area contributed by atoms with Gasteiger partial charge in [-0.3, -0.25) is 0 Å². The Hall–Kier alpha value is -0.830. The van der Waals surface area contributed by atoms with Crippen LogP contribution in [0.1, 0.15) is 12.8 Å². The van der Waals surface area contributed by atoms with Crippen LogP contribution in [-0.4, -0.2) is 34.2 Å². The molecule has 0 amide bonds. The van der Waals surface area contributed by atoms with Crippen LogP contribution in [0.25, 0.3) is 0 Å². The predicted molar refractivity (Wildman–Crippen MR) is 81.0 cm³/mol. The molecule has 1 aromatic carbocycles. The summed E-state index contributed by atoms with van der Waals surface area (Å²) in [5, 5.41) is 0. The third kappa shape index (κ3) is 3.18. The third-order valence-corrected chi connectivity index (χ3v) is 6.09. The van der Waals surface area contributed by atoms with Gasteiger partial charge in [0.1, 0.15) is 18.1 Å². The first-order valence-electron chi connectivity index (χ1n) is 6.83. The van der Waals surface area contributed by atoms with E-state index in [2.05, 4.69) is 20.7 Å². The number of benzene rings is 1. The molecular formula is C13H17BrN2O4S. The van der Waals surface area contributed by atoms with Gasteiger partial charge in [0.2, 0.25) is 10.0 Å². The zero-order valence-corrected chi connectivity index (χ0v) is 13.7. The first-order chi connectivity index (χ1) is 10.0. The van der Waals surface area contributed by atoms with E-state index >= 15 is 0 Å². The van der Waals surface area contributed by atoms with Crippen LogP contribution >= 0.6 is 15.9 Å². The van der Waals surface area contributed by atoms with Gasteiger partial charge in [-0.15, -0.1) is 0 Å². The van der Waals surface area contributed by atoms with Crippen molar-refractivity contribution >= 4 is 26.0 Å². The monoisotopic (exact) mass is 376 g/mol. The number of rotatable bonds is 5. The number of sulfonamides is 1. The molecule has 0 bridgehead atoms. The Balaban J connectivity index is 1.90. The molecule has 3 rings (SSSR count). The second-order valence-corrected chi connectivity index (χ2v) is 7.76. The van der Waals surface area contributed by atoms with Crippen molar-refractivity contribution in [2.45, 2.75) is 23.8 Å². The summed E-state index contributed by atoms with van der Waals surface area (Å²) in [4.78, 5) is 0.144. The molecule has 6 nitrogen and oxygen atoms in total. The number of hydrogen-bond donors (Lipinski definition) is 2. The molecule has 1 heterocycles. The van der Waals surface area contributed by atoms with E-state index in [0.717, 1.165) is 12.8 Å². The van der Waals surface area contributed by atoms with Gasteiger partial charge in [-0.05, 0) is 40.8 Å². The number of hydrogen-bond acceptors (Lipinski definition) is 5. The smallest absolute Gasteiger partial charge is 0.242 e. The first-order valence-corrected chi connectivity index (χ1v) is 9.10. The van der Waals surface area contributed by atoms with Gasteiger partial charge in [0, 0.05) is 23.1 Å². The molecule has 1 aromatic rings. The number of fused-ring (bicyclic) bond motifs is 1. The van der Waals surface area contributed by atoms with E-state index < -0.39 is 10.0 Å². The Morgan fingerprint density at radius 2 is 1.90 bits per heavy atom. The highest BCUT2D eigenvalue weighted by atomic mass is 79.9. The summed E-state index contributed by atoms with van der Waals surface area (Å²) in [6.45, 7) is 1.17. The number of nitrogens with one attached hydrogen (secondary N) is 1. The largest absolute Gasteiger partial charge is 0.486 e. The summed E-state index contributed by atoms with van der Waals surface area (Å²) in [5.74, 6) is 1.34.